The first-order chi connectivity index (χ1) is 16.7. The van der Waals surface area contributed by atoms with Crippen molar-refractivity contribution in [3.8, 4) is 0 Å². The van der Waals surface area contributed by atoms with Crippen LogP contribution in [0.3, 0.4) is 0 Å². The Morgan fingerprint density at radius 2 is 2.06 bits per heavy atom. The summed E-state index contributed by atoms with van der Waals surface area (Å²) in [5.74, 6) is -1.89. The summed E-state index contributed by atoms with van der Waals surface area (Å²) < 4.78 is 7.21. The van der Waals surface area contributed by atoms with Gasteiger partial charge in [-0.05, 0) is 31.0 Å². The van der Waals surface area contributed by atoms with Gasteiger partial charge in [-0.2, -0.15) is 0 Å². The minimum atomic E-state index is -0.875. The van der Waals surface area contributed by atoms with Gasteiger partial charge < -0.3 is 14.7 Å². The summed E-state index contributed by atoms with van der Waals surface area (Å²) in [5.41, 5.74) is 2.08. The number of ketones is 1. The SMILES string of the molecule is CC(=O)c1ncn2c(C3=C(C(=O)OCc4ccc([N+](=O)[O-])cc4)N4C(=O)[C@H]([C@@H](C)O)[C@H]4C3)csc12. The highest BCUT2D eigenvalue weighted by Gasteiger charge is 2.57. The van der Waals surface area contributed by atoms with Crippen LogP contribution in [0.4, 0.5) is 5.69 Å². The molecule has 2 aliphatic rings. The Hall–Kier alpha value is -3.90. The molecule has 1 fully saturated rings. The molecule has 35 heavy (non-hydrogen) atoms. The lowest BCUT2D eigenvalue weighted by Crippen LogP contribution is -2.61. The maximum absolute atomic E-state index is 13.2. The second-order valence-corrected chi connectivity index (χ2v) is 9.38. The third kappa shape index (κ3) is 3.61. The molecule has 0 radical (unpaired) electrons. The van der Waals surface area contributed by atoms with Crippen LogP contribution >= 0.6 is 11.3 Å². The van der Waals surface area contributed by atoms with Gasteiger partial charge in [-0.25, -0.2) is 9.78 Å². The number of Topliss-reactive ketones (excluding diaryl/α,β-unsaturated/α-hetero) is 1. The van der Waals surface area contributed by atoms with E-state index in [0.717, 1.165) is 0 Å². The van der Waals surface area contributed by atoms with Crippen LogP contribution in [0.1, 0.15) is 42.0 Å². The first-order valence-electron chi connectivity index (χ1n) is 10.8. The molecule has 1 saturated heterocycles. The predicted octanol–water partition coefficient (Wildman–Crippen LogP) is 2.57. The lowest BCUT2D eigenvalue weighted by molar-refractivity contribution is -0.384. The quantitative estimate of drug-likeness (QED) is 0.173. The van der Waals surface area contributed by atoms with Crippen molar-refractivity contribution in [1.82, 2.24) is 14.3 Å². The molecule has 1 amide bonds. The highest BCUT2D eigenvalue weighted by molar-refractivity contribution is 7.16. The number of carbonyl (C=O) groups excluding carboxylic acids is 3. The summed E-state index contributed by atoms with van der Waals surface area (Å²) in [6.45, 7) is 2.83. The van der Waals surface area contributed by atoms with Gasteiger partial charge in [0, 0.05) is 30.0 Å². The van der Waals surface area contributed by atoms with Gasteiger partial charge >= 0.3 is 5.97 Å². The Kier molecular flexibility index (Phi) is 5.49. The van der Waals surface area contributed by atoms with Gasteiger partial charge in [-0.3, -0.25) is 24.1 Å². The molecule has 5 rings (SSSR count). The second kappa shape index (κ2) is 8.40. The van der Waals surface area contributed by atoms with E-state index in [2.05, 4.69) is 4.98 Å². The number of carbonyl (C=O) groups is 3. The number of amides is 1. The number of thiazole rings is 1. The number of fused-ring (bicyclic) bond motifs is 2. The minimum Gasteiger partial charge on any atom is -0.456 e. The van der Waals surface area contributed by atoms with Crippen LogP contribution in [0.15, 0.2) is 41.7 Å². The Balaban J connectivity index is 1.49. The largest absolute Gasteiger partial charge is 0.456 e. The molecule has 180 valence electrons. The number of hydrogen-bond donors (Lipinski definition) is 1. The van der Waals surface area contributed by atoms with Gasteiger partial charge in [-0.15, -0.1) is 11.3 Å². The molecule has 0 spiro atoms. The Bertz CT molecular complexity index is 1420. The molecule has 2 aromatic heterocycles. The van der Waals surface area contributed by atoms with E-state index in [9.17, 15) is 29.6 Å². The van der Waals surface area contributed by atoms with E-state index in [1.54, 1.807) is 16.7 Å². The zero-order chi connectivity index (χ0) is 25.0. The molecule has 3 aromatic rings. The van der Waals surface area contributed by atoms with Gasteiger partial charge in [-0.1, -0.05) is 0 Å². The molecule has 0 saturated carbocycles. The maximum atomic E-state index is 13.2. The van der Waals surface area contributed by atoms with E-state index in [0.29, 0.717) is 33.8 Å². The smallest absolute Gasteiger partial charge is 0.355 e. The summed E-state index contributed by atoms with van der Waals surface area (Å²) in [5, 5.41) is 22.7. The van der Waals surface area contributed by atoms with Crippen LogP contribution < -0.4 is 0 Å². The van der Waals surface area contributed by atoms with E-state index in [1.165, 1.54) is 53.8 Å². The number of aliphatic hydroxyl groups is 1. The van der Waals surface area contributed by atoms with Crippen molar-refractivity contribution in [3.63, 3.8) is 0 Å². The minimum absolute atomic E-state index is 0.0780. The molecule has 1 aromatic carbocycles. The second-order valence-electron chi connectivity index (χ2n) is 8.52. The first kappa shape index (κ1) is 22.9. The fourth-order valence-corrected chi connectivity index (χ4v) is 5.71. The zero-order valence-electron chi connectivity index (χ0n) is 18.7. The molecular weight excluding hydrogens is 476 g/mol. The number of aliphatic hydroxyl groups excluding tert-OH is 1. The Labute approximate surface area is 202 Å². The van der Waals surface area contributed by atoms with E-state index in [-0.39, 0.29) is 35.7 Å². The van der Waals surface area contributed by atoms with Crippen LogP contribution in [0.25, 0.3) is 10.4 Å². The number of β-lactam (4-membered cyclic amide) rings is 1. The summed E-state index contributed by atoms with van der Waals surface area (Å²) >= 11 is 1.31. The predicted molar refractivity (Wildman–Crippen MR) is 123 cm³/mol. The average Bonchev–Trinajstić information content (AvgIpc) is 3.49. The highest BCUT2D eigenvalue weighted by Crippen LogP contribution is 2.48. The normalized spacial score (nSPS) is 20.1. The van der Waals surface area contributed by atoms with Crippen LogP contribution in [0.2, 0.25) is 0 Å². The van der Waals surface area contributed by atoms with E-state index < -0.39 is 22.9 Å². The van der Waals surface area contributed by atoms with Crippen LogP contribution in [0, 0.1) is 16.0 Å². The number of nitrogens with zero attached hydrogens (tertiary/aromatic N) is 4. The molecule has 4 heterocycles. The van der Waals surface area contributed by atoms with Crippen molar-refractivity contribution in [2.45, 2.75) is 39.0 Å². The number of nitro groups is 1. The number of hydrogen-bond acceptors (Lipinski definition) is 9. The molecular formula is C23H20N4O7S. The van der Waals surface area contributed by atoms with Gasteiger partial charge in [0.2, 0.25) is 5.91 Å². The number of imidazole rings is 1. The van der Waals surface area contributed by atoms with Crippen LogP contribution in [0.5, 0.6) is 0 Å². The third-order valence-corrected chi connectivity index (χ3v) is 7.30. The highest BCUT2D eigenvalue weighted by atomic mass is 32.1. The topological polar surface area (TPSA) is 144 Å². The van der Waals surface area contributed by atoms with Gasteiger partial charge in [0.05, 0.1) is 28.7 Å². The van der Waals surface area contributed by atoms with Crippen molar-refractivity contribution in [2.75, 3.05) is 0 Å². The summed E-state index contributed by atoms with van der Waals surface area (Å²) in [4.78, 5) is 54.5. The van der Waals surface area contributed by atoms with Crippen molar-refractivity contribution in [3.05, 3.63) is 68.7 Å². The number of non-ortho nitro benzene ring substituents is 1. The number of aromatic nitrogens is 2. The van der Waals surface area contributed by atoms with E-state index >= 15 is 0 Å². The zero-order valence-corrected chi connectivity index (χ0v) is 19.5. The van der Waals surface area contributed by atoms with Gasteiger partial charge in [0.25, 0.3) is 5.69 Å². The lowest BCUT2D eigenvalue weighted by Gasteiger charge is -2.44. The monoisotopic (exact) mass is 496 g/mol. The summed E-state index contributed by atoms with van der Waals surface area (Å²) in [6, 6.07) is 5.24. The number of ether oxygens (including phenoxy) is 1. The van der Waals surface area contributed by atoms with E-state index in [4.69, 9.17) is 4.74 Å². The lowest BCUT2D eigenvalue weighted by atomic mass is 9.83. The molecule has 11 nitrogen and oxygen atoms in total. The first-order valence-corrected chi connectivity index (χ1v) is 11.7. The fraction of sp³-hybridized carbons (Fsp3) is 0.304. The van der Waals surface area contributed by atoms with Crippen molar-refractivity contribution < 1.29 is 29.2 Å². The Morgan fingerprint density at radius 3 is 2.69 bits per heavy atom. The van der Waals surface area contributed by atoms with Crippen molar-refractivity contribution >= 4 is 45.1 Å². The molecule has 3 atom stereocenters. The molecule has 12 heteroatoms. The summed E-state index contributed by atoms with van der Waals surface area (Å²) in [6.07, 6.45) is 0.970. The van der Waals surface area contributed by atoms with Crippen molar-refractivity contribution in [1.29, 1.82) is 0 Å². The Morgan fingerprint density at radius 1 is 1.34 bits per heavy atom. The molecule has 0 aliphatic carbocycles. The molecule has 0 unspecified atom stereocenters. The number of rotatable bonds is 7. The number of nitro benzene ring substituents is 1. The fourth-order valence-electron chi connectivity index (χ4n) is 4.67. The summed E-state index contributed by atoms with van der Waals surface area (Å²) in [7, 11) is 0. The van der Waals surface area contributed by atoms with E-state index in [1.807, 2.05) is 0 Å². The molecule has 0 bridgehead atoms. The standard InChI is InChI=1S/C23H20N4O7S/c1-11(28)18-16-7-15(17-9-35-22-19(12(2)29)24-10-25(17)22)20(26(16)21(18)30)23(31)34-8-13-3-5-14(6-4-13)27(32)33/h3-6,9-11,16,18,28H,7-8H2,1-2H3/t11-,16-,18-/m1/s1. The van der Waals surface area contributed by atoms with Gasteiger partial charge in [0.1, 0.15) is 29.2 Å². The maximum Gasteiger partial charge on any atom is 0.355 e. The number of esters is 1. The average molecular weight is 497 g/mol. The van der Waals surface area contributed by atoms with Crippen LogP contribution in [-0.2, 0) is 20.9 Å². The van der Waals surface area contributed by atoms with Crippen molar-refractivity contribution in [2.24, 2.45) is 5.92 Å². The van der Waals surface area contributed by atoms with Gasteiger partial charge in [0.15, 0.2) is 5.78 Å². The van der Waals surface area contributed by atoms with Crippen LogP contribution in [-0.4, -0.2) is 54.1 Å². The molecule has 1 N–H and O–H groups in total. The number of benzene rings is 1. The molecule has 2 aliphatic heterocycles. The third-order valence-electron chi connectivity index (χ3n) is 6.35.